The maximum Gasteiger partial charge on any atom is 0.148 e. The molecule has 1 N–H and O–H groups in total. The van der Waals surface area contributed by atoms with E-state index in [2.05, 4.69) is 21.5 Å². The molecule has 4 nitrogen and oxygen atoms in total. The van der Waals surface area contributed by atoms with E-state index in [1.165, 1.54) is 18.4 Å². The smallest absolute Gasteiger partial charge is 0.148 e. The number of nitrogens with zero attached hydrogens (tertiary/aromatic N) is 3. The molecule has 1 aromatic carbocycles. The molecule has 0 amide bonds. The van der Waals surface area contributed by atoms with Gasteiger partial charge in [0.05, 0.1) is 5.69 Å². The van der Waals surface area contributed by atoms with Crippen LogP contribution in [0.1, 0.15) is 30.1 Å². The minimum atomic E-state index is 0.683. The van der Waals surface area contributed by atoms with Crippen LogP contribution < -0.4 is 5.32 Å². The first kappa shape index (κ1) is 12.6. The second kappa shape index (κ2) is 4.94. The van der Waals surface area contributed by atoms with Gasteiger partial charge in [-0.1, -0.05) is 17.7 Å². The number of halogens is 1. The fourth-order valence-electron chi connectivity index (χ4n) is 2.17. The Balaban J connectivity index is 1.97. The summed E-state index contributed by atoms with van der Waals surface area (Å²) >= 11 is 6.12. The van der Waals surface area contributed by atoms with Crippen molar-refractivity contribution in [2.75, 3.05) is 0 Å². The Morgan fingerprint density at radius 1 is 1.37 bits per heavy atom. The van der Waals surface area contributed by atoms with Crippen LogP contribution in [0.15, 0.2) is 18.2 Å². The van der Waals surface area contributed by atoms with Gasteiger partial charge < -0.3 is 5.32 Å². The third-order valence-electron chi connectivity index (χ3n) is 3.31. The van der Waals surface area contributed by atoms with Crippen LogP contribution in [0.3, 0.4) is 0 Å². The molecule has 1 aliphatic carbocycles. The van der Waals surface area contributed by atoms with Crippen LogP contribution >= 0.6 is 11.6 Å². The van der Waals surface area contributed by atoms with E-state index in [0.717, 1.165) is 28.9 Å². The molecule has 19 heavy (non-hydrogen) atoms. The lowest BCUT2D eigenvalue weighted by atomic mass is 10.1. The summed E-state index contributed by atoms with van der Waals surface area (Å²) < 4.78 is 1.87. The highest BCUT2D eigenvalue weighted by molar-refractivity contribution is 6.30. The molecule has 0 saturated heterocycles. The van der Waals surface area contributed by atoms with Gasteiger partial charge in [-0.2, -0.15) is 5.10 Å². The summed E-state index contributed by atoms with van der Waals surface area (Å²) in [6.07, 6.45) is 2.56. The monoisotopic (exact) mass is 276 g/mol. The van der Waals surface area contributed by atoms with Crippen molar-refractivity contribution < 1.29 is 0 Å². The minimum Gasteiger partial charge on any atom is -0.310 e. The van der Waals surface area contributed by atoms with Gasteiger partial charge in [0.15, 0.2) is 0 Å². The van der Waals surface area contributed by atoms with Crippen molar-refractivity contribution in [2.24, 2.45) is 0 Å². The third kappa shape index (κ3) is 2.80. The van der Waals surface area contributed by atoms with Crippen molar-refractivity contribution in [1.82, 2.24) is 20.1 Å². The molecule has 2 aromatic rings. The summed E-state index contributed by atoms with van der Waals surface area (Å²) in [5.74, 6) is 1.66. The molecule has 0 unspecified atom stereocenters. The average molecular weight is 277 g/mol. The average Bonchev–Trinajstić information content (AvgIpc) is 3.13. The fourth-order valence-corrected chi connectivity index (χ4v) is 2.34. The van der Waals surface area contributed by atoms with Gasteiger partial charge in [-0.25, -0.2) is 9.67 Å². The molecule has 0 spiro atoms. The van der Waals surface area contributed by atoms with Crippen molar-refractivity contribution in [3.63, 3.8) is 0 Å². The predicted molar refractivity (Wildman–Crippen MR) is 75.7 cm³/mol. The second-order valence-corrected chi connectivity index (χ2v) is 5.48. The van der Waals surface area contributed by atoms with Gasteiger partial charge in [0, 0.05) is 17.6 Å². The van der Waals surface area contributed by atoms with E-state index < -0.39 is 0 Å². The molecule has 1 saturated carbocycles. The van der Waals surface area contributed by atoms with Gasteiger partial charge in [-0.05, 0) is 44.4 Å². The molecular formula is C14H17ClN4. The fraction of sp³-hybridized carbons (Fsp3) is 0.429. The van der Waals surface area contributed by atoms with Gasteiger partial charge >= 0.3 is 0 Å². The zero-order valence-corrected chi connectivity index (χ0v) is 11.9. The Bertz CT molecular complexity index is 601. The van der Waals surface area contributed by atoms with E-state index in [-0.39, 0.29) is 0 Å². The van der Waals surface area contributed by atoms with Gasteiger partial charge in [0.25, 0.3) is 0 Å². The molecule has 1 aromatic heterocycles. The number of rotatable bonds is 4. The van der Waals surface area contributed by atoms with Crippen molar-refractivity contribution in [3.8, 4) is 5.69 Å². The molecule has 0 radical (unpaired) electrons. The topological polar surface area (TPSA) is 42.7 Å². The maximum atomic E-state index is 6.12. The van der Waals surface area contributed by atoms with Crippen LogP contribution in [0.25, 0.3) is 5.69 Å². The van der Waals surface area contributed by atoms with Crippen LogP contribution in [0.2, 0.25) is 5.02 Å². The van der Waals surface area contributed by atoms with E-state index in [9.17, 15) is 0 Å². The number of hydrogen-bond donors (Lipinski definition) is 1. The first-order chi connectivity index (χ1) is 9.13. The number of hydrogen-bond acceptors (Lipinski definition) is 3. The molecule has 0 bridgehead atoms. The number of benzene rings is 1. The molecule has 5 heteroatoms. The number of aromatic nitrogens is 3. The maximum absolute atomic E-state index is 6.12. The Morgan fingerprint density at radius 3 is 2.79 bits per heavy atom. The molecular weight excluding hydrogens is 260 g/mol. The van der Waals surface area contributed by atoms with E-state index in [4.69, 9.17) is 11.6 Å². The van der Waals surface area contributed by atoms with Crippen LogP contribution in [0, 0.1) is 13.8 Å². The highest BCUT2D eigenvalue weighted by atomic mass is 35.5. The summed E-state index contributed by atoms with van der Waals surface area (Å²) in [6, 6.07) is 6.62. The molecule has 100 valence electrons. The van der Waals surface area contributed by atoms with E-state index in [1.807, 2.05) is 30.7 Å². The molecule has 3 rings (SSSR count). The summed E-state index contributed by atoms with van der Waals surface area (Å²) in [7, 11) is 0. The highest BCUT2D eigenvalue weighted by Gasteiger charge is 2.21. The first-order valence-corrected chi connectivity index (χ1v) is 6.94. The Kier molecular flexibility index (Phi) is 3.29. The normalized spacial score (nSPS) is 14.9. The van der Waals surface area contributed by atoms with Gasteiger partial charge in [-0.15, -0.1) is 0 Å². The molecule has 1 aliphatic rings. The van der Waals surface area contributed by atoms with E-state index >= 15 is 0 Å². The zero-order valence-electron chi connectivity index (χ0n) is 11.2. The second-order valence-electron chi connectivity index (χ2n) is 5.05. The largest absolute Gasteiger partial charge is 0.310 e. The van der Waals surface area contributed by atoms with Crippen molar-refractivity contribution >= 4 is 11.6 Å². The van der Waals surface area contributed by atoms with Crippen LogP contribution in [0.5, 0.6) is 0 Å². The van der Waals surface area contributed by atoms with E-state index in [0.29, 0.717) is 6.04 Å². The van der Waals surface area contributed by atoms with Crippen molar-refractivity contribution in [2.45, 2.75) is 39.3 Å². The Morgan fingerprint density at radius 2 is 2.16 bits per heavy atom. The van der Waals surface area contributed by atoms with Crippen molar-refractivity contribution in [1.29, 1.82) is 0 Å². The number of nitrogens with one attached hydrogen (secondary N) is 1. The lowest BCUT2D eigenvalue weighted by molar-refractivity contribution is 0.679. The molecule has 1 fully saturated rings. The Hall–Kier alpha value is -1.39. The summed E-state index contributed by atoms with van der Waals surface area (Å²) in [5, 5.41) is 8.69. The van der Waals surface area contributed by atoms with E-state index in [1.54, 1.807) is 0 Å². The summed E-state index contributed by atoms with van der Waals surface area (Å²) in [6.45, 7) is 4.70. The third-order valence-corrected chi connectivity index (χ3v) is 3.54. The summed E-state index contributed by atoms with van der Waals surface area (Å²) in [4.78, 5) is 4.35. The van der Waals surface area contributed by atoms with Crippen LogP contribution in [0.4, 0.5) is 0 Å². The quantitative estimate of drug-likeness (QED) is 0.934. The Labute approximate surface area is 117 Å². The molecule has 0 aliphatic heterocycles. The zero-order chi connectivity index (χ0) is 13.4. The molecule has 0 atom stereocenters. The molecule has 1 heterocycles. The van der Waals surface area contributed by atoms with Gasteiger partial charge in [-0.3, -0.25) is 0 Å². The first-order valence-electron chi connectivity index (χ1n) is 6.56. The lowest BCUT2D eigenvalue weighted by Crippen LogP contribution is -2.17. The number of aryl methyl sites for hydroxylation is 2. The SMILES string of the molecule is Cc1nc(C)n(-c2cc(Cl)ccc2CNC2CC2)n1. The standard InChI is InChI=1S/C14H17ClN4/c1-9-17-10(2)19(18-9)14-7-12(15)4-3-11(14)8-16-13-5-6-13/h3-4,7,13,16H,5-6,8H2,1-2H3. The van der Waals surface area contributed by atoms with Crippen LogP contribution in [-0.2, 0) is 6.54 Å². The van der Waals surface area contributed by atoms with Gasteiger partial charge in [0.2, 0.25) is 0 Å². The van der Waals surface area contributed by atoms with Gasteiger partial charge in [0.1, 0.15) is 11.6 Å². The predicted octanol–water partition coefficient (Wildman–Crippen LogP) is 2.79. The van der Waals surface area contributed by atoms with Crippen LogP contribution in [-0.4, -0.2) is 20.8 Å². The summed E-state index contributed by atoms with van der Waals surface area (Å²) in [5.41, 5.74) is 2.21. The lowest BCUT2D eigenvalue weighted by Gasteiger charge is -2.11. The highest BCUT2D eigenvalue weighted by Crippen LogP contribution is 2.23. The minimum absolute atomic E-state index is 0.683. The van der Waals surface area contributed by atoms with Crippen molar-refractivity contribution in [3.05, 3.63) is 40.4 Å².